The molecule has 1 aromatic heterocycles. The van der Waals surface area contributed by atoms with E-state index < -0.39 is 16.0 Å². The van der Waals surface area contributed by atoms with E-state index in [4.69, 9.17) is 11.6 Å². The van der Waals surface area contributed by atoms with Crippen molar-refractivity contribution in [2.75, 3.05) is 11.8 Å². The van der Waals surface area contributed by atoms with Gasteiger partial charge < -0.3 is 4.74 Å². The van der Waals surface area contributed by atoms with Crippen molar-refractivity contribution >= 4 is 44.1 Å². The Morgan fingerprint density at radius 2 is 1.81 bits per heavy atom. The van der Waals surface area contributed by atoms with E-state index >= 15 is 0 Å². The minimum Gasteiger partial charge on any atom is -0.465 e. The van der Waals surface area contributed by atoms with Crippen molar-refractivity contribution < 1.29 is 17.9 Å². The van der Waals surface area contributed by atoms with Gasteiger partial charge in [0.05, 0.1) is 23.4 Å². The molecule has 4 aromatic rings. The fourth-order valence-corrected chi connectivity index (χ4v) is 5.04. The zero-order chi connectivity index (χ0) is 22.9. The Morgan fingerprint density at radius 1 is 1.03 bits per heavy atom. The molecule has 0 unspecified atom stereocenters. The van der Waals surface area contributed by atoms with E-state index in [-0.39, 0.29) is 15.5 Å². The number of anilines is 1. The van der Waals surface area contributed by atoms with Crippen molar-refractivity contribution in [3.63, 3.8) is 0 Å². The Bertz CT molecular complexity index is 1450. The molecular weight excluding hydrogens is 448 g/mol. The maximum Gasteiger partial charge on any atom is 0.337 e. The van der Waals surface area contributed by atoms with Crippen LogP contribution < -0.4 is 4.72 Å². The van der Waals surface area contributed by atoms with Gasteiger partial charge in [-0.3, -0.25) is 9.71 Å². The molecule has 0 spiro atoms. The van der Waals surface area contributed by atoms with Gasteiger partial charge in [0.15, 0.2) is 0 Å². The first kappa shape index (κ1) is 21.8. The molecule has 0 bridgehead atoms. The van der Waals surface area contributed by atoms with Crippen LogP contribution in [0.5, 0.6) is 0 Å². The first-order valence-corrected chi connectivity index (χ1v) is 11.5. The van der Waals surface area contributed by atoms with Crippen LogP contribution in [0.15, 0.2) is 77.8 Å². The minimum atomic E-state index is -4.00. The molecule has 6 nitrogen and oxygen atoms in total. The van der Waals surface area contributed by atoms with Gasteiger partial charge >= 0.3 is 5.97 Å². The van der Waals surface area contributed by atoms with Gasteiger partial charge in [-0.05, 0) is 54.3 Å². The van der Waals surface area contributed by atoms with Crippen molar-refractivity contribution in [3.8, 4) is 11.3 Å². The van der Waals surface area contributed by atoms with Crippen LogP contribution in [0.25, 0.3) is 22.0 Å². The van der Waals surface area contributed by atoms with Crippen molar-refractivity contribution in [2.24, 2.45) is 0 Å². The highest BCUT2D eigenvalue weighted by atomic mass is 35.5. The third kappa shape index (κ3) is 4.17. The third-order valence-corrected chi connectivity index (χ3v) is 6.93. The lowest BCUT2D eigenvalue weighted by atomic mass is 10.00. The van der Waals surface area contributed by atoms with E-state index in [9.17, 15) is 13.2 Å². The van der Waals surface area contributed by atoms with E-state index in [1.165, 1.54) is 25.3 Å². The molecule has 0 aliphatic heterocycles. The molecule has 1 heterocycles. The van der Waals surface area contributed by atoms with Crippen LogP contribution in [0.3, 0.4) is 0 Å². The van der Waals surface area contributed by atoms with Crippen LogP contribution in [0.4, 0.5) is 5.69 Å². The number of esters is 1. The average Bonchev–Trinajstić information content (AvgIpc) is 2.79. The first-order valence-electron chi connectivity index (χ1n) is 9.65. The van der Waals surface area contributed by atoms with Crippen LogP contribution in [0.1, 0.15) is 15.9 Å². The summed E-state index contributed by atoms with van der Waals surface area (Å²) >= 11 is 6.16. The van der Waals surface area contributed by atoms with Crippen molar-refractivity contribution in [2.45, 2.75) is 11.8 Å². The van der Waals surface area contributed by atoms with Crippen molar-refractivity contribution in [1.82, 2.24) is 4.98 Å². The van der Waals surface area contributed by atoms with Gasteiger partial charge in [-0.25, -0.2) is 13.2 Å². The van der Waals surface area contributed by atoms with Crippen LogP contribution in [0, 0.1) is 6.92 Å². The number of hydrogen-bond donors (Lipinski definition) is 1. The molecule has 0 saturated carbocycles. The number of ether oxygens (including phenoxy) is 1. The maximum atomic E-state index is 13.0. The lowest BCUT2D eigenvalue weighted by molar-refractivity contribution is 0.0600. The molecule has 0 fully saturated rings. The second-order valence-corrected chi connectivity index (χ2v) is 9.21. The number of carbonyl (C=O) groups excluding carboxylic acids is 1. The standard InChI is InChI=1S/C24H19ClN2O4S/c1-15-7-9-18(14-20(15)23-19-6-4-3-5-16(19)11-12-26-23)27-32(29,30)22-10-8-17(13-21(22)25)24(28)31-2/h3-14,27H,1-2H3. The smallest absolute Gasteiger partial charge is 0.337 e. The van der Waals surface area contributed by atoms with Crippen LogP contribution in [-0.4, -0.2) is 26.5 Å². The van der Waals surface area contributed by atoms with Crippen LogP contribution in [-0.2, 0) is 14.8 Å². The van der Waals surface area contributed by atoms with E-state index in [0.717, 1.165) is 27.6 Å². The van der Waals surface area contributed by atoms with Gasteiger partial charge in [0.2, 0.25) is 0 Å². The van der Waals surface area contributed by atoms with Gasteiger partial charge in [-0.2, -0.15) is 0 Å². The van der Waals surface area contributed by atoms with Gasteiger partial charge in [0.25, 0.3) is 10.0 Å². The molecule has 0 atom stereocenters. The van der Waals surface area contributed by atoms with Crippen molar-refractivity contribution in [3.05, 3.63) is 89.1 Å². The van der Waals surface area contributed by atoms with Gasteiger partial charge in [0.1, 0.15) is 4.90 Å². The predicted octanol–water partition coefficient (Wildman–Crippen LogP) is 5.45. The molecule has 8 heteroatoms. The molecule has 0 saturated heterocycles. The quantitative estimate of drug-likeness (QED) is 0.395. The lowest BCUT2D eigenvalue weighted by Gasteiger charge is -2.14. The number of benzene rings is 3. The second kappa shape index (κ2) is 8.61. The topological polar surface area (TPSA) is 85.4 Å². The summed E-state index contributed by atoms with van der Waals surface area (Å²) in [7, 11) is -2.76. The highest BCUT2D eigenvalue weighted by Crippen LogP contribution is 2.32. The minimum absolute atomic E-state index is 0.0801. The SMILES string of the molecule is COC(=O)c1ccc(S(=O)(=O)Nc2ccc(C)c(-c3nccc4ccccc34)c2)c(Cl)c1. The summed E-state index contributed by atoms with van der Waals surface area (Å²) in [6.07, 6.45) is 1.73. The van der Waals surface area contributed by atoms with Gasteiger partial charge in [-0.1, -0.05) is 41.9 Å². The molecule has 1 N–H and O–H groups in total. The van der Waals surface area contributed by atoms with Gasteiger partial charge in [0, 0.05) is 22.8 Å². The third-order valence-electron chi connectivity index (χ3n) is 5.06. The molecule has 32 heavy (non-hydrogen) atoms. The number of aromatic nitrogens is 1. The number of fused-ring (bicyclic) bond motifs is 1. The highest BCUT2D eigenvalue weighted by Gasteiger charge is 2.21. The number of aryl methyl sites for hydroxylation is 1. The van der Waals surface area contributed by atoms with E-state index in [1.54, 1.807) is 18.3 Å². The second-order valence-electron chi connectivity index (χ2n) is 7.15. The molecule has 0 aliphatic rings. The average molecular weight is 467 g/mol. The Kier molecular flexibility index (Phi) is 5.86. The number of rotatable bonds is 5. The Hall–Kier alpha value is -3.42. The summed E-state index contributed by atoms with van der Waals surface area (Å²) in [6.45, 7) is 1.94. The monoisotopic (exact) mass is 466 g/mol. The number of sulfonamides is 1. The summed E-state index contributed by atoms with van der Waals surface area (Å²) in [5, 5.41) is 1.93. The summed E-state index contributed by atoms with van der Waals surface area (Å²) in [5.74, 6) is -0.602. The Balaban J connectivity index is 1.72. The first-order chi connectivity index (χ1) is 15.3. The summed E-state index contributed by atoms with van der Waals surface area (Å²) in [5.41, 5.74) is 3.07. The van der Waals surface area contributed by atoms with E-state index in [1.807, 2.05) is 43.3 Å². The summed E-state index contributed by atoms with van der Waals surface area (Å²) in [6, 6.07) is 19.0. The maximum absolute atomic E-state index is 13.0. The molecule has 3 aromatic carbocycles. The van der Waals surface area contributed by atoms with E-state index in [2.05, 4.69) is 14.4 Å². The largest absolute Gasteiger partial charge is 0.465 e. The number of halogens is 1. The van der Waals surface area contributed by atoms with Crippen molar-refractivity contribution in [1.29, 1.82) is 0 Å². The molecule has 0 radical (unpaired) electrons. The van der Waals surface area contributed by atoms with Crippen LogP contribution in [0.2, 0.25) is 5.02 Å². The molecule has 162 valence electrons. The summed E-state index contributed by atoms with van der Waals surface area (Å²) in [4.78, 5) is 16.1. The molecular formula is C24H19ClN2O4S. The number of pyridine rings is 1. The Morgan fingerprint density at radius 3 is 2.56 bits per heavy atom. The van der Waals surface area contributed by atoms with Crippen LogP contribution >= 0.6 is 11.6 Å². The number of nitrogens with one attached hydrogen (secondary N) is 1. The fourth-order valence-electron chi connectivity index (χ4n) is 3.45. The number of hydrogen-bond acceptors (Lipinski definition) is 5. The number of carbonyl (C=O) groups is 1. The molecule has 4 rings (SSSR count). The lowest BCUT2D eigenvalue weighted by Crippen LogP contribution is -2.14. The molecule has 0 amide bonds. The zero-order valence-corrected chi connectivity index (χ0v) is 18.9. The predicted molar refractivity (Wildman–Crippen MR) is 126 cm³/mol. The zero-order valence-electron chi connectivity index (χ0n) is 17.3. The summed E-state index contributed by atoms with van der Waals surface area (Å²) < 4.78 is 33.2. The highest BCUT2D eigenvalue weighted by molar-refractivity contribution is 7.92. The molecule has 0 aliphatic carbocycles. The van der Waals surface area contributed by atoms with E-state index in [0.29, 0.717) is 5.69 Å². The Labute approximate surface area is 190 Å². The number of nitrogens with zero attached hydrogens (tertiary/aromatic N) is 1. The fraction of sp³-hybridized carbons (Fsp3) is 0.0833. The van der Waals surface area contributed by atoms with Gasteiger partial charge in [-0.15, -0.1) is 0 Å². The normalized spacial score (nSPS) is 11.3. The number of methoxy groups -OCH3 is 1.